The van der Waals surface area contributed by atoms with Gasteiger partial charge >= 0.3 is 17.7 Å². The third-order valence-corrected chi connectivity index (χ3v) is 4.35. The minimum Gasteiger partial charge on any atom is -0.466 e. The van der Waals surface area contributed by atoms with Gasteiger partial charge in [0, 0.05) is 0 Å². The second kappa shape index (κ2) is 9.22. The molecule has 0 saturated heterocycles. The number of carbonyl (C=O) groups excluding carboxylic acids is 1. The van der Waals surface area contributed by atoms with Crippen LogP contribution in [-0.4, -0.2) is 38.7 Å². The number of fused-ring (bicyclic) bond motifs is 1. The van der Waals surface area contributed by atoms with Crippen molar-refractivity contribution >= 4 is 23.0 Å². The van der Waals surface area contributed by atoms with Crippen LogP contribution in [0, 0.1) is 0 Å². The highest BCUT2D eigenvalue weighted by Gasteiger charge is 2.15. The average Bonchev–Trinajstić information content (AvgIpc) is 2.99. The maximum Gasteiger partial charge on any atom is 0.328 e. The zero-order valence-electron chi connectivity index (χ0n) is 16.6. The molecule has 9 heteroatoms. The Labute approximate surface area is 167 Å². The number of nitrogen functional groups attached to an aromatic ring is 1. The quantitative estimate of drug-likeness (QED) is 0.416. The van der Waals surface area contributed by atoms with Crippen molar-refractivity contribution in [3.63, 3.8) is 0 Å². The Hall–Kier alpha value is -3.36. The van der Waals surface area contributed by atoms with Gasteiger partial charge in [-0.2, -0.15) is 9.97 Å². The van der Waals surface area contributed by atoms with E-state index in [2.05, 4.69) is 21.9 Å². The number of esters is 1. The number of nitrogens with zero attached hydrogens (tertiary/aromatic N) is 3. The molecule has 1 aromatic carbocycles. The largest absolute Gasteiger partial charge is 0.466 e. The Morgan fingerprint density at radius 1 is 1.24 bits per heavy atom. The molecule has 0 atom stereocenters. The highest BCUT2D eigenvalue weighted by molar-refractivity contribution is 5.82. The molecule has 0 spiro atoms. The fourth-order valence-electron chi connectivity index (χ4n) is 2.95. The van der Waals surface area contributed by atoms with Gasteiger partial charge in [0.1, 0.15) is 5.52 Å². The van der Waals surface area contributed by atoms with Crippen molar-refractivity contribution in [1.82, 2.24) is 19.5 Å². The van der Waals surface area contributed by atoms with Crippen LogP contribution in [0.25, 0.3) is 11.2 Å². The van der Waals surface area contributed by atoms with Crippen molar-refractivity contribution in [2.24, 2.45) is 0 Å². The lowest BCUT2D eigenvalue weighted by atomic mass is 10.1. The number of hydrogen-bond acceptors (Lipinski definition) is 7. The maximum atomic E-state index is 12.5. The molecule has 0 aliphatic heterocycles. The number of benzene rings is 1. The maximum absolute atomic E-state index is 12.5. The van der Waals surface area contributed by atoms with Gasteiger partial charge in [0.2, 0.25) is 0 Å². The third-order valence-electron chi connectivity index (χ3n) is 4.35. The van der Waals surface area contributed by atoms with Crippen LogP contribution in [0.2, 0.25) is 0 Å². The number of nitrogens with two attached hydrogens (primary N) is 1. The Bertz CT molecular complexity index is 1060. The summed E-state index contributed by atoms with van der Waals surface area (Å²) in [5, 5.41) is 0. The smallest absolute Gasteiger partial charge is 0.328 e. The molecular formula is C20H25N5O4. The van der Waals surface area contributed by atoms with Crippen LogP contribution in [-0.2, 0) is 22.5 Å². The summed E-state index contributed by atoms with van der Waals surface area (Å²) in [5.41, 5.74) is 8.05. The molecule has 3 aromatic rings. The van der Waals surface area contributed by atoms with E-state index in [0.29, 0.717) is 24.4 Å². The van der Waals surface area contributed by atoms with Gasteiger partial charge in [-0.1, -0.05) is 37.6 Å². The van der Waals surface area contributed by atoms with E-state index in [1.807, 2.05) is 24.3 Å². The van der Waals surface area contributed by atoms with Gasteiger partial charge < -0.3 is 20.2 Å². The molecule has 3 rings (SSSR count). The first-order chi connectivity index (χ1) is 14.0. The molecule has 0 bridgehead atoms. The van der Waals surface area contributed by atoms with Crippen molar-refractivity contribution in [3.8, 4) is 6.01 Å². The lowest BCUT2D eigenvalue weighted by Crippen LogP contribution is -2.18. The predicted octanol–water partition coefficient (Wildman–Crippen LogP) is 2.03. The zero-order chi connectivity index (χ0) is 20.8. The second-order valence-corrected chi connectivity index (χ2v) is 6.61. The summed E-state index contributed by atoms with van der Waals surface area (Å²) in [6.45, 7) is 4.91. The number of rotatable bonds is 9. The molecular weight excluding hydrogens is 374 g/mol. The number of aromatic nitrogens is 4. The number of unbranched alkanes of at least 4 members (excludes halogenated alkanes) is 1. The van der Waals surface area contributed by atoms with Crippen LogP contribution in [0.3, 0.4) is 0 Å². The van der Waals surface area contributed by atoms with Crippen LogP contribution < -0.4 is 16.2 Å². The Morgan fingerprint density at radius 3 is 2.79 bits per heavy atom. The van der Waals surface area contributed by atoms with Gasteiger partial charge in [0.05, 0.1) is 26.2 Å². The van der Waals surface area contributed by atoms with Crippen LogP contribution in [0.5, 0.6) is 6.01 Å². The van der Waals surface area contributed by atoms with Crippen LogP contribution >= 0.6 is 0 Å². The van der Waals surface area contributed by atoms with Crippen LogP contribution in [0.1, 0.15) is 37.8 Å². The first kappa shape index (κ1) is 20.4. The molecule has 0 radical (unpaired) electrons. The lowest BCUT2D eigenvalue weighted by Gasteiger charge is -2.08. The fourth-order valence-corrected chi connectivity index (χ4v) is 2.95. The normalized spacial score (nSPS) is 11.0. The van der Waals surface area contributed by atoms with E-state index in [0.717, 1.165) is 24.0 Å². The topological polar surface area (TPSA) is 125 Å². The van der Waals surface area contributed by atoms with E-state index in [9.17, 15) is 9.59 Å². The number of anilines is 1. The van der Waals surface area contributed by atoms with Crippen molar-refractivity contribution in [3.05, 3.63) is 45.9 Å². The molecule has 0 saturated carbocycles. The monoisotopic (exact) mass is 399 g/mol. The van der Waals surface area contributed by atoms with Gasteiger partial charge in [-0.3, -0.25) is 9.36 Å². The second-order valence-electron chi connectivity index (χ2n) is 6.61. The van der Waals surface area contributed by atoms with E-state index in [1.165, 1.54) is 4.57 Å². The Morgan fingerprint density at radius 2 is 2.03 bits per heavy atom. The Balaban J connectivity index is 1.88. The summed E-state index contributed by atoms with van der Waals surface area (Å²) in [4.78, 5) is 35.4. The lowest BCUT2D eigenvalue weighted by molar-refractivity contribution is -0.142. The molecule has 0 unspecified atom stereocenters. The van der Waals surface area contributed by atoms with E-state index >= 15 is 0 Å². The molecule has 2 heterocycles. The number of nitrogens with one attached hydrogen (secondary N) is 1. The highest BCUT2D eigenvalue weighted by Crippen LogP contribution is 2.19. The summed E-state index contributed by atoms with van der Waals surface area (Å²) >= 11 is 0. The van der Waals surface area contributed by atoms with Crippen molar-refractivity contribution < 1.29 is 14.3 Å². The summed E-state index contributed by atoms with van der Waals surface area (Å²) < 4.78 is 12.0. The SMILES string of the molecule is CCCCOc1nc(N)c2[nH]c(=O)n(Cc3cccc(CC(=O)OCC)c3)c2n1. The first-order valence-electron chi connectivity index (χ1n) is 9.64. The number of ether oxygens (including phenoxy) is 2. The number of carbonyl (C=O) groups is 1. The molecule has 2 aromatic heterocycles. The van der Waals surface area contributed by atoms with E-state index in [4.69, 9.17) is 15.2 Å². The van der Waals surface area contributed by atoms with Crippen molar-refractivity contribution in [1.29, 1.82) is 0 Å². The summed E-state index contributed by atoms with van der Waals surface area (Å²) in [6, 6.07) is 7.58. The summed E-state index contributed by atoms with van der Waals surface area (Å²) in [6.07, 6.45) is 2.03. The molecule has 154 valence electrons. The minimum atomic E-state index is -0.345. The van der Waals surface area contributed by atoms with Gasteiger partial charge in [0.15, 0.2) is 11.5 Å². The Kier molecular flexibility index (Phi) is 6.48. The van der Waals surface area contributed by atoms with Gasteiger partial charge in [0.25, 0.3) is 0 Å². The predicted molar refractivity (Wildman–Crippen MR) is 109 cm³/mol. The van der Waals surface area contributed by atoms with Gasteiger partial charge in [-0.05, 0) is 24.5 Å². The summed E-state index contributed by atoms with van der Waals surface area (Å²) in [7, 11) is 0. The van der Waals surface area contributed by atoms with Gasteiger partial charge in [-0.25, -0.2) is 4.79 Å². The number of H-pyrrole nitrogens is 1. The molecule has 0 fully saturated rings. The molecule has 29 heavy (non-hydrogen) atoms. The van der Waals surface area contributed by atoms with Crippen molar-refractivity contribution in [2.75, 3.05) is 18.9 Å². The third kappa shape index (κ3) is 4.92. The standard InChI is InChI=1S/C20H25N5O4/c1-3-5-9-29-19-23-17(21)16-18(24-19)25(20(27)22-16)12-14-8-6-7-13(10-14)11-15(26)28-4-2/h6-8,10H,3-5,9,11-12H2,1-2H3,(H,22,27)(H2,21,23,24). The minimum absolute atomic E-state index is 0.146. The summed E-state index contributed by atoms with van der Waals surface area (Å²) in [5.74, 6) is -0.128. The van der Waals surface area contributed by atoms with E-state index < -0.39 is 0 Å². The number of aromatic amines is 1. The number of hydrogen-bond donors (Lipinski definition) is 2. The molecule has 0 aliphatic rings. The number of imidazole rings is 1. The molecule has 9 nitrogen and oxygen atoms in total. The van der Waals surface area contributed by atoms with Crippen LogP contribution in [0.15, 0.2) is 29.1 Å². The zero-order valence-corrected chi connectivity index (χ0v) is 16.6. The first-order valence-corrected chi connectivity index (χ1v) is 9.64. The van der Waals surface area contributed by atoms with Crippen molar-refractivity contribution in [2.45, 2.75) is 39.7 Å². The average molecular weight is 399 g/mol. The molecule has 3 N–H and O–H groups in total. The van der Waals surface area contributed by atoms with E-state index in [1.54, 1.807) is 6.92 Å². The fraction of sp³-hybridized carbons (Fsp3) is 0.400. The van der Waals surface area contributed by atoms with Gasteiger partial charge in [-0.15, -0.1) is 0 Å². The van der Waals surface area contributed by atoms with Crippen LogP contribution in [0.4, 0.5) is 5.82 Å². The van der Waals surface area contributed by atoms with E-state index in [-0.39, 0.29) is 36.5 Å². The molecule has 0 amide bonds. The molecule has 0 aliphatic carbocycles. The highest BCUT2D eigenvalue weighted by atomic mass is 16.5.